The van der Waals surface area contributed by atoms with Crippen molar-refractivity contribution in [2.45, 2.75) is 25.8 Å². The number of H-pyrrole nitrogens is 1. The molecule has 0 bridgehead atoms. The summed E-state index contributed by atoms with van der Waals surface area (Å²) in [6.07, 6.45) is 2.08. The lowest BCUT2D eigenvalue weighted by molar-refractivity contribution is 0.500. The van der Waals surface area contributed by atoms with Crippen LogP contribution < -0.4 is 10.6 Å². The molecule has 1 aliphatic rings. The second-order valence-electron chi connectivity index (χ2n) is 5.30. The summed E-state index contributed by atoms with van der Waals surface area (Å²) < 4.78 is 13.6. The van der Waals surface area contributed by atoms with E-state index in [9.17, 15) is 4.39 Å². The van der Waals surface area contributed by atoms with Gasteiger partial charge in [-0.15, -0.1) is 5.10 Å². The Labute approximate surface area is 117 Å². The number of anilines is 1. The number of hydrogen-bond donors (Lipinski definition) is 2. The van der Waals surface area contributed by atoms with Crippen LogP contribution in [0.1, 0.15) is 18.4 Å². The highest BCUT2D eigenvalue weighted by Gasteiger charge is 2.20. The van der Waals surface area contributed by atoms with Crippen LogP contribution in [0.4, 0.5) is 10.3 Å². The standard InChI is InChI=1S/C14H18FN5/c1-9-4-5-10(7-12(9)15)13-17-14(19-18-13)20-6-2-3-11(16)8-20/h4-5,7,11H,2-3,6,8,16H2,1H3,(H,17,18,19). The molecular weight excluding hydrogens is 257 g/mol. The number of piperidine rings is 1. The molecule has 3 N–H and O–H groups in total. The average molecular weight is 275 g/mol. The van der Waals surface area contributed by atoms with Crippen LogP contribution in [0.5, 0.6) is 0 Å². The van der Waals surface area contributed by atoms with Gasteiger partial charge in [0, 0.05) is 24.7 Å². The van der Waals surface area contributed by atoms with E-state index in [1.54, 1.807) is 13.0 Å². The Hall–Kier alpha value is -1.95. The molecule has 1 unspecified atom stereocenters. The molecule has 0 aliphatic carbocycles. The number of benzene rings is 1. The van der Waals surface area contributed by atoms with Crippen molar-refractivity contribution in [3.8, 4) is 11.4 Å². The zero-order valence-electron chi connectivity index (χ0n) is 11.4. The third kappa shape index (κ3) is 2.51. The van der Waals surface area contributed by atoms with E-state index in [1.807, 2.05) is 6.07 Å². The molecule has 5 nitrogen and oxygen atoms in total. The van der Waals surface area contributed by atoms with Gasteiger partial charge in [-0.05, 0) is 31.4 Å². The van der Waals surface area contributed by atoms with Crippen LogP contribution in [0.3, 0.4) is 0 Å². The Bertz CT molecular complexity index is 609. The van der Waals surface area contributed by atoms with Crippen LogP contribution in [0.2, 0.25) is 0 Å². The maximum Gasteiger partial charge on any atom is 0.245 e. The summed E-state index contributed by atoms with van der Waals surface area (Å²) in [7, 11) is 0. The molecule has 0 radical (unpaired) electrons. The van der Waals surface area contributed by atoms with E-state index >= 15 is 0 Å². The van der Waals surface area contributed by atoms with Crippen molar-refractivity contribution in [2.24, 2.45) is 5.73 Å². The number of aryl methyl sites for hydroxylation is 1. The molecule has 1 aromatic carbocycles. The van der Waals surface area contributed by atoms with E-state index in [-0.39, 0.29) is 11.9 Å². The van der Waals surface area contributed by atoms with E-state index in [4.69, 9.17) is 5.73 Å². The Kier molecular flexibility index (Phi) is 3.40. The summed E-state index contributed by atoms with van der Waals surface area (Å²) in [6, 6.07) is 5.22. The first kappa shape index (κ1) is 13.1. The monoisotopic (exact) mass is 275 g/mol. The largest absolute Gasteiger partial charge is 0.338 e. The van der Waals surface area contributed by atoms with Gasteiger partial charge in [-0.2, -0.15) is 4.98 Å². The van der Waals surface area contributed by atoms with E-state index in [1.165, 1.54) is 6.07 Å². The molecule has 0 saturated carbocycles. The van der Waals surface area contributed by atoms with Crippen LogP contribution in [0.25, 0.3) is 11.4 Å². The van der Waals surface area contributed by atoms with Gasteiger partial charge in [-0.1, -0.05) is 12.1 Å². The minimum absolute atomic E-state index is 0.169. The molecule has 1 aromatic heterocycles. The molecule has 2 aromatic rings. The molecule has 3 rings (SSSR count). The molecule has 0 spiro atoms. The lowest BCUT2D eigenvalue weighted by atomic mass is 10.1. The first-order valence-electron chi connectivity index (χ1n) is 6.83. The molecule has 1 saturated heterocycles. The van der Waals surface area contributed by atoms with Gasteiger partial charge in [0.15, 0.2) is 5.82 Å². The molecule has 1 atom stereocenters. The van der Waals surface area contributed by atoms with Gasteiger partial charge < -0.3 is 10.6 Å². The van der Waals surface area contributed by atoms with Crippen molar-refractivity contribution >= 4 is 5.95 Å². The summed E-state index contributed by atoms with van der Waals surface area (Å²) in [5.74, 6) is 0.981. The minimum Gasteiger partial charge on any atom is -0.338 e. The summed E-state index contributed by atoms with van der Waals surface area (Å²) in [4.78, 5) is 6.51. The highest BCUT2D eigenvalue weighted by molar-refractivity contribution is 5.57. The second-order valence-corrected chi connectivity index (χ2v) is 5.30. The lowest BCUT2D eigenvalue weighted by Crippen LogP contribution is -2.43. The predicted octanol–water partition coefficient (Wildman–Crippen LogP) is 1.85. The quantitative estimate of drug-likeness (QED) is 0.877. The number of hydrogen-bond acceptors (Lipinski definition) is 4. The number of aromatic amines is 1. The van der Waals surface area contributed by atoms with Crippen molar-refractivity contribution in [3.05, 3.63) is 29.6 Å². The fraction of sp³-hybridized carbons (Fsp3) is 0.429. The van der Waals surface area contributed by atoms with Crippen molar-refractivity contribution in [1.82, 2.24) is 15.2 Å². The van der Waals surface area contributed by atoms with Gasteiger partial charge in [-0.25, -0.2) is 4.39 Å². The smallest absolute Gasteiger partial charge is 0.245 e. The number of rotatable bonds is 2. The number of nitrogens with one attached hydrogen (secondary N) is 1. The van der Waals surface area contributed by atoms with E-state index in [2.05, 4.69) is 20.1 Å². The molecule has 20 heavy (non-hydrogen) atoms. The van der Waals surface area contributed by atoms with Gasteiger partial charge in [0.25, 0.3) is 0 Å². The van der Waals surface area contributed by atoms with Gasteiger partial charge in [-0.3, -0.25) is 5.10 Å². The first-order chi connectivity index (χ1) is 9.63. The maximum atomic E-state index is 13.6. The van der Waals surface area contributed by atoms with Crippen LogP contribution in [0, 0.1) is 12.7 Å². The molecular formula is C14H18FN5. The van der Waals surface area contributed by atoms with Crippen LogP contribution in [0.15, 0.2) is 18.2 Å². The number of nitrogens with zero attached hydrogens (tertiary/aromatic N) is 3. The van der Waals surface area contributed by atoms with Crippen LogP contribution >= 0.6 is 0 Å². The second kappa shape index (κ2) is 5.20. The highest BCUT2D eigenvalue weighted by atomic mass is 19.1. The third-order valence-corrected chi connectivity index (χ3v) is 3.66. The normalized spacial score (nSPS) is 19.4. The molecule has 1 fully saturated rings. The highest BCUT2D eigenvalue weighted by Crippen LogP contribution is 2.21. The molecule has 1 aliphatic heterocycles. The van der Waals surface area contributed by atoms with Crippen molar-refractivity contribution in [1.29, 1.82) is 0 Å². The maximum absolute atomic E-state index is 13.6. The van der Waals surface area contributed by atoms with Crippen molar-refractivity contribution in [2.75, 3.05) is 18.0 Å². The fourth-order valence-electron chi connectivity index (χ4n) is 2.46. The Morgan fingerprint density at radius 2 is 2.30 bits per heavy atom. The van der Waals surface area contributed by atoms with E-state index in [0.717, 1.165) is 25.9 Å². The summed E-state index contributed by atoms with van der Waals surface area (Å²) in [6.45, 7) is 3.41. The first-order valence-corrected chi connectivity index (χ1v) is 6.83. The minimum atomic E-state index is -0.236. The lowest BCUT2D eigenvalue weighted by Gasteiger charge is -2.29. The van der Waals surface area contributed by atoms with Crippen LogP contribution in [-0.2, 0) is 0 Å². The Balaban J connectivity index is 1.84. The topological polar surface area (TPSA) is 70.8 Å². The molecule has 106 valence electrons. The average Bonchev–Trinajstić information content (AvgIpc) is 2.92. The summed E-state index contributed by atoms with van der Waals surface area (Å²) >= 11 is 0. The van der Waals surface area contributed by atoms with Crippen LogP contribution in [-0.4, -0.2) is 34.3 Å². The predicted molar refractivity (Wildman–Crippen MR) is 75.9 cm³/mol. The Morgan fingerprint density at radius 1 is 1.45 bits per heavy atom. The van der Waals surface area contributed by atoms with E-state index in [0.29, 0.717) is 22.9 Å². The molecule has 6 heteroatoms. The molecule has 0 amide bonds. The number of nitrogens with two attached hydrogens (primary N) is 1. The number of halogens is 1. The van der Waals surface area contributed by atoms with Crippen molar-refractivity contribution in [3.63, 3.8) is 0 Å². The van der Waals surface area contributed by atoms with Gasteiger partial charge >= 0.3 is 0 Å². The zero-order chi connectivity index (χ0) is 14.1. The fourth-order valence-corrected chi connectivity index (χ4v) is 2.46. The van der Waals surface area contributed by atoms with E-state index < -0.39 is 0 Å². The summed E-state index contributed by atoms with van der Waals surface area (Å²) in [5, 5.41) is 7.09. The van der Waals surface area contributed by atoms with Gasteiger partial charge in [0.05, 0.1) is 0 Å². The molecule has 2 heterocycles. The van der Waals surface area contributed by atoms with Gasteiger partial charge in [0.1, 0.15) is 5.82 Å². The van der Waals surface area contributed by atoms with Gasteiger partial charge in [0.2, 0.25) is 5.95 Å². The van der Waals surface area contributed by atoms with Crippen molar-refractivity contribution < 1.29 is 4.39 Å². The SMILES string of the molecule is Cc1ccc(-c2nc(N3CCCC(N)C3)n[nH]2)cc1F. The zero-order valence-corrected chi connectivity index (χ0v) is 11.4. The Morgan fingerprint density at radius 3 is 3.05 bits per heavy atom. The third-order valence-electron chi connectivity index (χ3n) is 3.66. The summed E-state index contributed by atoms with van der Waals surface area (Å²) in [5.41, 5.74) is 7.28. The number of aromatic nitrogens is 3.